The Balaban J connectivity index is 1.49. The third-order valence-corrected chi connectivity index (χ3v) is 5.93. The molecule has 0 amide bonds. The van der Waals surface area contributed by atoms with Crippen molar-refractivity contribution in [3.05, 3.63) is 59.2 Å². The summed E-state index contributed by atoms with van der Waals surface area (Å²) >= 11 is 0. The lowest BCUT2D eigenvalue weighted by Gasteiger charge is -2.34. The number of ether oxygens (including phenoxy) is 2. The average Bonchev–Trinajstić information content (AvgIpc) is 2.75. The first kappa shape index (κ1) is 20.7. The van der Waals surface area contributed by atoms with Crippen LogP contribution >= 0.6 is 0 Å². The molecule has 4 nitrogen and oxygen atoms in total. The fraction of sp³-hybridized carbons (Fsp3) is 0.500. The zero-order valence-electron chi connectivity index (χ0n) is 17.8. The zero-order valence-corrected chi connectivity index (χ0v) is 17.8. The summed E-state index contributed by atoms with van der Waals surface area (Å²) in [4.78, 5) is 4.95. The van der Waals surface area contributed by atoms with Crippen LogP contribution in [0.5, 0.6) is 11.5 Å². The number of methoxy groups -OCH3 is 2. The van der Waals surface area contributed by atoms with Crippen molar-refractivity contribution >= 4 is 0 Å². The molecule has 1 atom stereocenters. The fourth-order valence-corrected chi connectivity index (χ4v) is 4.14. The molecule has 4 heteroatoms. The second-order valence-corrected chi connectivity index (χ2v) is 7.83. The molecule has 0 fully saturated rings. The van der Waals surface area contributed by atoms with Crippen molar-refractivity contribution in [1.29, 1.82) is 0 Å². The molecular formula is C24H34N2O2. The molecule has 1 unspecified atom stereocenters. The molecule has 0 heterocycles. The van der Waals surface area contributed by atoms with Crippen LogP contribution in [0.2, 0.25) is 0 Å². The Bertz CT molecular complexity index is 762. The largest absolute Gasteiger partial charge is 0.493 e. The van der Waals surface area contributed by atoms with E-state index in [0.717, 1.165) is 37.6 Å². The first-order chi connectivity index (χ1) is 13.6. The number of fused-ring (bicyclic) bond motifs is 1. The summed E-state index contributed by atoms with van der Waals surface area (Å²) in [5.74, 6) is 1.59. The number of hydrogen-bond donors (Lipinski definition) is 0. The number of hydrogen-bond acceptors (Lipinski definition) is 4. The summed E-state index contributed by atoms with van der Waals surface area (Å²) < 4.78 is 10.7. The van der Waals surface area contributed by atoms with Crippen LogP contribution in [0.1, 0.15) is 35.6 Å². The topological polar surface area (TPSA) is 24.9 Å². The highest BCUT2D eigenvalue weighted by Gasteiger charge is 2.23. The number of rotatable bonds is 9. The van der Waals surface area contributed by atoms with E-state index in [2.05, 4.69) is 60.3 Å². The second-order valence-electron chi connectivity index (χ2n) is 7.83. The Kier molecular flexibility index (Phi) is 7.35. The minimum Gasteiger partial charge on any atom is -0.493 e. The maximum atomic E-state index is 5.41. The van der Waals surface area contributed by atoms with E-state index >= 15 is 0 Å². The van der Waals surface area contributed by atoms with Crippen LogP contribution in [0.15, 0.2) is 42.5 Å². The van der Waals surface area contributed by atoms with Gasteiger partial charge in [0.05, 0.1) is 14.2 Å². The Morgan fingerprint density at radius 2 is 1.71 bits per heavy atom. The maximum absolute atomic E-state index is 5.41. The Morgan fingerprint density at radius 3 is 2.50 bits per heavy atom. The highest BCUT2D eigenvalue weighted by Crippen LogP contribution is 2.33. The molecule has 0 bridgehead atoms. The summed E-state index contributed by atoms with van der Waals surface area (Å²) in [5.41, 5.74) is 4.34. The van der Waals surface area contributed by atoms with Gasteiger partial charge < -0.3 is 14.4 Å². The lowest BCUT2D eigenvalue weighted by Crippen LogP contribution is -2.35. The normalized spacial score (nSPS) is 16.3. The van der Waals surface area contributed by atoms with Crippen molar-refractivity contribution in [2.24, 2.45) is 0 Å². The number of likely N-dealkylation sites (N-methyl/N-ethyl adjacent to an activating group) is 2. The molecule has 1 aliphatic carbocycles. The maximum Gasteiger partial charge on any atom is 0.160 e. The minimum atomic E-state index is 0.559. The predicted molar refractivity (Wildman–Crippen MR) is 115 cm³/mol. The summed E-state index contributed by atoms with van der Waals surface area (Å²) in [6.45, 7) is 3.19. The van der Waals surface area contributed by atoms with E-state index < -0.39 is 0 Å². The molecule has 0 spiro atoms. The van der Waals surface area contributed by atoms with E-state index in [4.69, 9.17) is 9.47 Å². The van der Waals surface area contributed by atoms with E-state index in [1.807, 2.05) is 6.07 Å². The van der Waals surface area contributed by atoms with Crippen LogP contribution in [0, 0.1) is 0 Å². The van der Waals surface area contributed by atoms with Gasteiger partial charge in [0, 0.05) is 25.7 Å². The van der Waals surface area contributed by atoms with Gasteiger partial charge >= 0.3 is 0 Å². The molecule has 3 rings (SSSR count). The smallest absolute Gasteiger partial charge is 0.160 e. The highest BCUT2D eigenvalue weighted by atomic mass is 16.5. The van der Waals surface area contributed by atoms with E-state index in [1.54, 1.807) is 14.2 Å². The van der Waals surface area contributed by atoms with Gasteiger partial charge in [0.1, 0.15) is 0 Å². The average molecular weight is 383 g/mol. The van der Waals surface area contributed by atoms with Gasteiger partial charge in [-0.3, -0.25) is 4.90 Å². The fourth-order valence-electron chi connectivity index (χ4n) is 4.14. The standard InChI is InChI=1S/C24H34N2O2/c1-25(15-14-19-12-13-23(27-3)24(18-19)28-4)16-17-26(2)22-11-7-9-20-8-5-6-10-21(20)22/h5-6,8,10,12-13,18,22H,7,9,11,14-17H2,1-4H3. The van der Waals surface area contributed by atoms with Crippen LogP contribution < -0.4 is 9.47 Å². The number of benzene rings is 2. The molecule has 0 saturated carbocycles. The van der Waals surface area contributed by atoms with E-state index in [9.17, 15) is 0 Å². The molecule has 0 radical (unpaired) electrons. The zero-order chi connectivity index (χ0) is 19.9. The monoisotopic (exact) mass is 382 g/mol. The van der Waals surface area contributed by atoms with Gasteiger partial charge in [0.25, 0.3) is 0 Å². The molecule has 0 N–H and O–H groups in total. The van der Waals surface area contributed by atoms with Crippen LogP contribution in [-0.4, -0.2) is 57.7 Å². The van der Waals surface area contributed by atoms with Crippen LogP contribution in [-0.2, 0) is 12.8 Å². The second kappa shape index (κ2) is 9.94. The highest BCUT2D eigenvalue weighted by molar-refractivity contribution is 5.43. The van der Waals surface area contributed by atoms with Crippen LogP contribution in [0.4, 0.5) is 0 Å². The van der Waals surface area contributed by atoms with Gasteiger partial charge in [0.15, 0.2) is 11.5 Å². The Morgan fingerprint density at radius 1 is 0.929 bits per heavy atom. The first-order valence-electron chi connectivity index (χ1n) is 10.3. The molecule has 0 aromatic heterocycles. The quantitative estimate of drug-likeness (QED) is 0.649. The lowest BCUT2D eigenvalue weighted by molar-refractivity contribution is 0.191. The van der Waals surface area contributed by atoms with E-state index in [1.165, 1.54) is 36.0 Å². The lowest BCUT2D eigenvalue weighted by atomic mass is 9.87. The summed E-state index contributed by atoms with van der Waals surface area (Å²) in [7, 11) is 7.85. The van der Waals surface area contributed by atoms with Gasteiger partial charge in [-0.05, 0) is 68.6 Å². The Labute approximate surface area is 170 Å². The third kappa shape index (κ3) is 5.06. The molecule has 0 aliphatic heterocycles. The van der Waals surface area contributed by atoms with Crippen LogP contribution in [0.25, 0.3) is 0 Å². The van der Waals surface area contributed by atoms with E-state index in [-0.39, 0.29) is 0 Å². The molecular weight excluding hydrogens is 348 g/mol. The van der Waals surface area contributed by atoms with Crippen molar-refractivity contribution in [3.8, 4) is 11.5 Å². The minimum absolute atomic E-state index is 0.559. The molecule has 0 saturated heterocycles. The van der Waals surface area contributed by atoms with Crippen molar-refractivity contribution in [1.82, 2.24) is 9.80 Å². The molecule has 2 aromatic rings. The van der Waals surface area contributed by atoms with Gasteiger partial charge in [-0.25, -0.2) is 0 Å². The summed E-state index contributed by atoms with van der Waals surface area (Å²) in [6.07, 6.45) is 4.79. The first-order valence-corrected chi connectivity index (χ1v) is 10.3. The molecule has 1 aliphatic rings. The third-order valence-electron chi connectivity index (χ3n) is 5.93. The SMILES string of the molecule is COc1ccc(CCN(C)CCN(C)C2CCCc3ccccc32)cc1OC. The van der Waals surface area contributed by atoms with Crippen molar-refractivity contribution in [3.63, 3.8) is 0 Å². The van der Waals surface area contributed by atoms with Crippen molar-refractivity contribution in [2.45, 2.75) is 31.7 Å². The predicted octanol–water partition coefficient (Wildman–Crippen LogP) is 4.19. The van der Waals surface area contributed by atoms with Crippen molar-refractivity contribution in [2.75, 3.05) is 47.9 Å². The molecule has 152 valence electrons. The van der Waals surface area contributed by atoms with E-state index in [0.29, 0.717) is 6.04 Å². The Hall–Kier alpha value is -2.04. The molecule has 28 heavy (non-hydrogen) atoms. The van der Waals surface area contributed by atoms with Gasteiger partial charge in [0.2, 0.25) is 0 Å². The van der Waals surface area contributed by atoms with Gasteiger partial charge in [-0.2, -0.15) is 0 Å². The molecule has 2 aromatic carbocycles. The number of aryl methyl sites for hydroxylation is 1. The number of nitrogens with zero attached hydrogens (tertiary/aromatic N) is 2. The van der Waals surface area contributed by atoms with Gasteiger partial charge in [-0.1, -0.05) is 30.3 Å². The van der Waals surface area contributed by atoms with Crippen LogP contribution in [0.3, 0.4) is 0 Å². The van der Waals surface area contributed by atoms with Crippen molar-refractivity contribution < 1.29 is 9.47 Å². The summed E-state index contributed by atoms with van der Waals surface area (Å²) in [6, 6.07) is 15.7. The summed E-state index contributed by atoms with van der Waals surface area (Å²) in [5, 5.41) is 0. The van der Waals surface area contributed by atoms with Gasteiger partial charge in [-0.15, -0.1) is 0 Å².